The first-order valence-electron chi connectivity index (χ1n) is 6.10. The Hall–Kier alpha value is -1.03. The third-order valence-corrected chi connectivity index (χ3v) is 2.72. The van der Waals surface area contributed by atoms with E-state index >= 15 is 0 Å². The van der Waals surface area contributed by atoms with Crippen molar-refractivity contribution in [1.29, 1.82) is 0 Å². The quantitative estimate of drug-likeness (QED) is 0.768. The van der Waals surface area contributed by atoms with Crippen molar-refractivity contribution in [3.63, 3.8) is 0 Å². The van der Waals surface area contributed by atoms with Gasteiger partial charge in [-0.1, -0.05) is 32.4 Å². The molecule has 3 N–H and O–H groups in total. The summed E-state index contributed by atoms with van der Waals surface area (Å²) in [6.07, 6.45) is 2.88. The fraction of sp³-hybridized carbons (Fsp3) is 0.667. The van der Waals surface area contributed by atoms with E-state index < -0.39 is 0 Å². The second-order valence-corrected chi connectivity index (χ2v) is 4.91. The zero-order chi connectivity index (χ0) is 12.8. The predicted octanol–water partition coefficient (Wildman–Crippen LogP) is 3.12. The van der Waals surface area contributed by atoms with Crippen LogP contribution in [-0.4, -0.2) is 16.5 Å². The van der Waals surface area contributed by atoms with Gasteiger partial charge in [0.25, 0.3) is 0 Å². The Kier molecular flexibility index (Phi) is 5.48. The molecule has 0 amide bonds. The molecule has 17 heavy (non-hydrogen) atoms. The van der Waals surface area contributed by atoms with Gasteiger partial charge in [0.1, 0.15) is 11.5 Å². The molecule has 1 aromatic rings. The van der Waals surface area contributed by atoms with Gasteiger partial charge in [-0.05, 0) is 18.8 Å². The van der Waals surface area contributed by atoms with Gasteiger partial charge in [-0.25, -0.2) is 9.97 Å². The van der Waals surface area contributed by atoms with E-state index in [0.717, 1.165) is 31.6 Å². The number of aryl methyl sites for hydroxylation is 1. The fourth-order valence-electron chi connectivity index (χ4n) is 1.43. The second kappa shape index (κ2) is 6.64. The maximum absolute atomic E-state index is 5.98. The zero-order valence-electron chi connectivity index (χ0n) is 10.8. The summed E-state index contributed by atoms with van der Waals surface area (Å²) >= 11 is 5.98. The number of rotatable bonds is 6. The van der Waals surface area contributed by atoms with Crippen LogP contribution < -0.4 is 11.1 Å². The first kappa shape index (κ1) is 14.0. The van der Waals surface area contributed by atoms with E-state index in [1.165, 1.54) is 0 Å². The lowest BCUT2D eigenvalue weighted by Gasteiger charge is -2.11. The van der Waals surface area contributed by atoms with Gasteiger partial charge in [0.05, 0.1) is 0 Å². The van der Waals surface area contributed by atoms with Crippen LogP contribution in [-0.2, 0) is 6.42 Å². The summed E-state index contributed by atoms with van der Waals surface area (Å²) in [6, 6.07) is 0. The largest absolute Gasteiger partial charge is 0.393 e. The number of nitrogens with one attached hydrogen (secondary N) is 1. The summed E-state index contributed by atoms with van der Waals surface area (Å²) < 4.78 is 0. The molecule has 0 atom stereocenters. The molecule has 0 aliphatic rings. The molecular weight excluding hydrogens is 236 g/mol. The van der Waals surface area contributed by atoms with Crippen LogP contribution in [0.15, 0.2) is 0 Å². The number of anilines is 2. The maximum atomic E-state index is 5.98. The highest BCUT2D eigenvalue weighted by Crippen LogP contribution is 2.24. The molecule has 1 rings (SSSR count). The molecule has 96 valence electrons. The Balaban J connectivity index is 2.75. The number of nitrogens with two attached hydrogens (primary N) is 1. The minimum Gasteiger partial charge on any atom is -0.393 e. The van der Waals surface area contributed by atoms with Gasteiger partial charge >= 0.3 is 0 Å². The highest BCUT2D eigenvalue weighted by Gasteiger charge is 2.09. The molecule has 5 heteroatoms. The highest BCUT2D eigenvalue weighted by atomic mass is 35.5. The number of hydrogen-bond acceptors (Lipinski definition) is 4. The Morgan fingerprint density at radius 1 is 1.35 bits per heavy atom. The normalized spacial score (nSPS) is 10.9. The van der Waals surface area contributed by atoms with E-state index in [1.807, 2.05) is 0 Å². The predicted molar refractivity (Wildman–Crippen MR) is 73.4 cm³/mol. The van der Waals surface area contributed by atoms with Crippen molar-refractivity contribution in [2.45, 2.75) is 40.0 Å². The summed E-state index contributed by atoms with van der Waals surface area (Å²) in [5, 5.41) is 3.57. The van der Waals surface area contributed by atoms with Crippen molar-refractivity contribution in [1.82, 2.24) is 9.97 Å². The Morgan fingerprint density at radius 2 is 2.06 bits per heavy atom. The SMILES string of the molecule is CCCc1nc(Cl)c(N)c(NCCC(C)C)n1. The molecule has 0 bridgehead atoms. The van der Waals surface area contributed by atoms with Gasteiger partial charge in [0, 0.05) is 13.0 Å². The second-order valence-electron chi connectivity index (χ2n) is 4.55. The van der Waals surface area contributed by atoms with Gasteiger partial charge in [0.15, 0.2) is 11.0 Å². The van der Waals surface area contributed by atoms with Gasteiger partial charge in [-0.15, -0.1) is 0 Å². The van der Waals surface area contributed by atoms with E-state index in [9.17, 15) is 0 Å². The third kappa shape index (κ3) is 4.38. The Bertz CT molecular complexity index is 366. The molecule has 4 nitrogen and oxygen atoms in total. The van der Waals surface area contributed by atoms with Crippen molar-refractivity contribution in [3.05, 3.63) is 11.0 Å². The van der Waals surface area contributed by atoms with Crippen LogP contribution in [0.3, 0.4) is 0 Å². The average molecular weight is 257 g/mol. The molecule has 0 saturated heterocycles. The van der Waals surface area contributed by atoms with Gasteiger partial charge in [-0.3, -0.25) is 0 Å². The molecule has 0 saturated carbocycles. The van der Waals surface area contributed by atoms with Crippen LogP contribution in [0.1, 0.15) is 39.4 Å². The molecule has 0 fully saturated rings. The molecular formula is C12H21ClN4. The van der Waals surface area contributed by atoms with Crippen LogP contribution in [0, 0.1) is 5.92 Å². The topological polar surface area (TPSA) is 63.8 Å². The van der Waals surface area contributed by atoms with E-state index in [-0.39, 0.29) is 0 Å². The third-order valence-electron chi connectivity index (χ3n) is 2.43. The van der Waals surface area contributed by atoms with E-state index in [1.54, 1.807) is 0 Å². The molecule has 1 aromatic heterocycles. The van der Waals surface area contributed by atoms with Gasteiger partial charge in [-0.2, -0.15) is 0 Å². The smallest absolute Gasteiger partial charge is 0.157 e. The number of halogens is 1. The standard InChI is InChI=1S/C12H21ClN4/c1-4-5-9-16-11(13)10(14)12(17-9)15-7-6-8(2)3/h8H,4-7,14H2,1-3H3,(H,15,16,17). The molecule has 0 aromatic carbocycles. The minimum absolute atomic E-state index is 0.343. The van der Waals surface area contributed by atoms with Crippen LogP contribution in [0.25, 0.3) is 0 Å². The number of hydrogen-bond donors (Lipinski definition) is 2. The van der Waals surface area contributed by atoms with Crippen molar-refractivity contribution in [2.24, 2.45) is 5.92 Å². The van der Waals surface area contributed by atoms with Gasteiger partial charge < -0.3 is 11.1 Å². The van der Waals surface area contributed by atoms with Crippen molar-refractivity contribution >= 4 is 23.1 Å². The van der Waals surface area contributed by atoms with E-state index in [4.69, 9.17) is 17.3 Å². The zero-order valence-corrected chi connectivity index (χ0v) is 11.5. The summed E-state index contributed by atoms with van der Waals surface area (Å²) in [7, 11) is 0. The summed E-state index contributed by atoms with van der Waals surface area (Å²) in [5.41, 5.74) is 6.29. The molecule has 0 spiro atoms. The summed E-state index contributed by atoms with van der Waals surface area (Å²) in [6.45, 7) is 7.29. The lowest BCUT2D eigenvalue weighted by Crippen LogP contribution is -2.11. The molecule has 0 radical (unpaired) electrons. The van der Waals surface area contributed by atoms with Gasteiger partial charge in [0.2, 0.25) is 0 Å². The Morgan fingerprint density at radius 3 is 2.65 bits per heavy atom. The van der Waals surface area contributed by atoms with E-state index in [0.29, 0.717) is 22.6 Å². The van der Waals surface area contributed by atoms with Crippen LogP contribution in [0.5, 0.6) is 0 Å². The molecule has 0 aliphatic heterocycles. The van der Waals surface area contributed by atoms with Crippen LogP contribution in [0.2, 0.25) is 5.15 Å². The Labute approximate surface area is 108 Å². The first-order chi connectivity index (χ1) is 8.04. The monoisotopic (exact) mass is 256 g/mol. The highest BCUT2D eigenvalue weighted by molar-refractivity contribution is 6.32. The van der Waals surface area contributed by atoms with Crippen molar-refractivity contribution < 1.29 is 0 Å². The van der Waals surface area contributed by atoms with E-state index in [2.05, 4.69) is 36.1 Å². The average Bonchev–Trinajstić information content (AvgIpc) is 2.24. The fourth-order valence-corrected chi connectivity index (χ4v) is 1.62. The lowest BCUT2D eigenvalue weighted by molar-refractivity contribution is 0.606. The minimum atomic E-state index is 0.343. The number of nitrogens with zero attached hydrogens (tertiary/aromatic N) is 2. The van der Waals surface area contributed by atoms with Crippen LogP contribution in [0.4, 0.5) is 11.5 Å². The number of nitrogen functional groups attached to an aromatic ring is 1. The van der Waals surface area contributed by atoms with Crippen molar-refractivity contribution in [2.75, 3.05) is 17.6 Å². The molecule has 1 heterocycles. The molecule has 0 unspecified atom stereocenters. The lowest BCUT2D eigenvalue weighted by atomic mass is 10.1. The summed E-state index contributed by atoms with van der Waals surface area (Å²) in [5.74, 6) is 2.06. The first-order valence-corrected chi connectivity index (χ1v) is 6.48. The van der Waals surface area contributed by atoms with Crippen molar-refractivity contribution in [3.8, 4) is 0 Å². The van der Waals surface area contributed by atoms with Crippen LogP contribution >= 0.6 is 11.6 Å². The summed E-state index contributed by atoms with van der Waals surface area (Å²) in [4.78, 5) is 8.54. The maximum Gasteiger partial charge on any atom is 0.157 e. The molecule has 0 aliphatic carbocycles. The number of aromatic nitrogens is 2.